The van der Waals surface area contributed by atoms with Crippen LogP contribution in [0.5, 0.6) is 5.75 Å². The van der Waals surface area contributed by atoms with Gasteiger partial charge in [-0.2, -0.15) is 0 Å². The number of hydrogen-bond donors (Lipinski definition) is 2. The van der Waals surface area contributed by atoms with E-state index in [4.69, 9.17) is 0 Å². The molecule has 144 valence electrons. The monoisotopic (exact) mass is 377 g/mol. The van der Waals surface area contributed by atoms with Crippen LogP contribution in [0.15, 0.2) is 54.6 Å². The third-order valence-corrected chi connectivity index (χ3v) is 4.84. The van der Waals surface area contributed by atoms with E-state index >= 15 is 0 Å². The molecule has 5 heteroatoms. The molecule has 2 N–H and O–H groups in total. The number of amides is 1. The summed E-state index contributed by atoms with van der Waals surface area (Å²) >= 11 is 0. The quantitative estimate of drug-likeness (QED) is 0.661. The zero-order chi connectivity index (χ0) is 20.4. The highest BCUT2D eigenvalue weighted by molar-refractivity contribution is 5.98. The van der Waals surface area contributed by atoms with Gasteiger partial charge in [-0.3, -0.25) is 4.79 Å². The highest BCUT2D eigenvalue weighted by atomic mass is 16.4. The number of anilines is 1. The molecule has 0 heterocycles. The molecule has 0 bridgehead atoms. The van der Waals surface area contributed by atoms with Crippen molar-refractivity contribution < 1.29 is 19.8 Å². The Balaban J connectivity index is 1.94. The maximum Gasteiger partial charge on any atom is 0.339 e. The average molecular weight is 377 g/mol. The number of fused-ring (bicyclic) bond motifs is 1. The summed E-state index contributed by atoms with van der Waals surface area (Å²) in [4.78, 5) is 25.2. The molecule has 3 rings (SSSR count). The zero-order valence-corrected chi connectivity index (χ0v) is 16.1. The molecule has 5 nitrogen and oxygen atoms in total. The first-order valence-corrected chi connectivity index (χ1v) is 9.13. The second-order valence-corrected chi connectivity index (χ2v) is 7.21. The van der Waals surface area contributed by atoms with Gasteiger partial charge in [0.25, 0.3) is 0 Å². The Morgan fingerprint density at radius 2 is 1.64 bits per heavy atom. The van der Waals surface area contributed by atoms with E-state index in [1.807, 2.05) is 42.5 Å². The fourth-order valence-electron chi connectivity index (χ4n) is 3.21. The van der Waals surface area contributed by atoms with E-state index in [1.54, 1.807) is 4.90 Å². The van der Waals surface area contributed by atoms with Gasteiger partial charge in [0, 0.05) is 12.6 Å². The number of rotatable bonds is 5. The second kappa shape index (κ2) is 7.72. The van der Waals surface area contributed by atoms with Crippen molar-refractivity contribution in [2.24, 2.45) is 0 Å². The number of phenols is 1. The lowest BCUT2D eigenvalue weighted by atomic mass is 10.0. The fraction of sp³-hybridized carbons (Fsp3) is 0.217. The first-order chi connectivity index (χ1) is 13.3. The van der Waals surface area contributed by atoms with E-state index in [0.29, 0.717) is 17.8 Å². The molecule has 0 aliphatic carbocycles. The van der Waals surface area contributed by atoms with Gasteiger partial charge < -0.3 is 15.1 Å². The molecule has 3 aromatic carbocycles. The molecular formula is C23H23NO4. The maximum atomic E-state index is 12.2. The first kappa shape index (κ1) is 19.4. The number of carboxylic acids is 1. The predicted octanol–water partition coefficient (Wildman–Crippen LogP) is 4.92. The van der Waals surface area contributed by atoms with E-state index < -0.39 is 5.97 Å². The first-order valence-electron chi connectivity index (χ1n) is 9.13. The average Bonchev–Trinajstić information content (AvgIpc) is 2.65. The lowest BCUT2D eigenvalue weighted by Gasteiger charge is -2.22. The van der Waals surface area contributed by atoms with Crippen LogP contribution in [0.4, 0.5) is 5.69 Å². The van der Waals surface area contributed by atoms with Gasteiger partial charge in [-0.1, -0.05) is 38.1 Å². The molecule has 1 amide bonds. The van der Waals surface area contributed by atoms with Gasteiger partial charge in [0.15, 0.2) is 0 Å². The van der Waals surface area contributed by atoms with Gasteiger partial charge >= 0.3 is 5.97 Å². The minimum Gasteiger partial charge on any atom is -0.507 e. The minimum absolute atomic E-state index is 0.0747. The number of carbonyl (C=O) groups excluding carboxylic acids is 1. The summed E-state index contributed by atoms with van der Waals surface area (Å²) in [5, 5.41) is 20.5. The SMILES string of the molecule is CC(=O)N(Cc1ccc2cc(O)c(C(=O)O)cc2c1)c1ccc(C(C)C)cc1. The second-order valence-electron chi connectivity index (χ2n) is 7.21. The summed E-state index contributed by atoms with van der Waals surface area (Å²) in [5.41, 5.74) is 2.75. The maximum absolute atomic E-state index is 12.2. The molecule has 0 aromatic heterocycles. The Morgan fingerprint density at radius 3 is 2.21 bits per heavy atom. The van der Waals surface area contributed by atoms with Crippen LogP contribution in [-0.2, 0) is 11.3 Å². The van der Waals surface area contributed by atoms with Crippen LogP contribution in [0.3, 0.4) is 0 Å². The Labute approximate surface area is 163 Å². The number of benzene rings is 3. The summed E-state index contributed by atoms with van der Waals surface area (Å²) in [6.45, 7) is 6.14. The van der Waals surface area contributed by atoms with Crippen molar-refractivity contribution in [3.05, 3.63) is 71.3 Å². The molecule has 0 aliphatic heterocycles. The number of aromatic hydroxyl groups is 1. The van der Waals surface area contributed by atoms with Gasteiger partial charge in [-0.05, 0) is 58.1 Å². The Morgan fingerprint density at radius 1 is 0.964 bits per heavy atom. The summed E-state index contributed by atoms with van der Waals surface area (Å²) < 4.78 is 0. The number of carboxylic acid groups (broad SMARTS) is 1. The van der Waals surface area contributed by atoms with Gasteiger partial charge in [-0.25, -0.2) is 4.79 Å². The van der Waals surface area contributed by atoms with Crippen molar-refractivity contribution in [1.82, 2.24) is 0 Å². The van der Waals surface area contributed by atoms with Crippen LogP contribution in [0, 0.1) is 0 Å². The predicted molar refractivity (Wildman–Crippen MR) is 110 cm³/mol. The highest BCUT2D eigenvalue weighted by Gasteiger charge is 2.15. The molecule has 28 heavy (non-hydrogen) atoms. The molecule has 0 atom stereocenters. The Bertz CT molecular complexity index is 1040. The van der Waals surface area contributed by atoms with Gasteiger partial charge in [0.2, 0.25) is 5.91 Å². The number of hydrogen-bond acceptors (Lipinski definition) is 3. The van der Waals surface area contributed by atoms with Crippen molar-refractivity contribution >= 4 is 28.3 Å². The van der Waals surface area contributed by atoms with E-state index in [1.165, 1.54) is 24.6 Å². The van der Waals surface area contributed by atoms with Crippen molar-refractivity contribution in [3.8, 4) is 5.75 Å². The molecule has 0 fully saturated rings. The summed E-state index contributed by atoms with van der Waals surface area (Å²) in [7, 11) is 0. The van der Waals surface area contributed by atoms with Crippen LogP contribution in [0.2, 0.25) is 0 Å². The molecule has 0 spiro atoms. The topological polar surface area (TPSA) is 77.8 Å². The van der Waals surface area contributed by atoms with Crippen molar-refractivity contribution in [2.45, 2.75) is 33.2 Å². The van der Waals surface area contributed by atoms with E-state index in [9.17, 15) is 19.8 Å². The van der Waals surface area contributed by atoms with E-state index in [0.717, 1.165) is 16.6 Å². The number of carbonyl (C=O) groups is 2. The van der Waals surface area contributed by atoms with E-state index in [2.05, 4.69) is 13.8 Å². The lowest BCUT2D eigenvalue weighted by molar-refractivity contribution is -0.116. The largest absolute Gasteiger partial charge is 0.507 e. The number of aromatic carboxylic acids is 1. The zero-order valence-electron chi connectivity index (χ0n) is 16.1. The van der Waals surface area contributed by atoms with Gasteiger partial charge in [-0.15, -0.1) is 0 Å². The van der Waals surface area contributed by atoms with Crippen LogP contribution >= 0.6 is 0 Å². The molecule has 0 unspecified atom stereocenters. The Hall–Kier alpha value is -3.34. The highest BCUT2D eigenvalue weighted by Crippen LogP contribution is 2.27. The summed E-state index contributed by atoms with van der Waals surface area (Å²) in [6, 6.07) is 16.4. The molecule has 0 aliphatic rings. The van der Waals surface area contributed by atoms with Crippen molar-refractivity contribution in [2.75, 3.05) is 4.90 Å². The minimum atomic E-state index is -1.18. The van der Waals surface area contributed by atoms with Crippen LogP contribution in [0.25, 0.3) is 10.8 Å². The smallest absolute Gasteiger partial charge is 0.339 e. The number of nitrogens with zero attached hydrogens (tertiary/aromatic N) is 1. The molecular weight excluding hydrogens is 354 g/mol. The van der Waals surface area contributed by atoms with Crippen molar-refractivity contribution in [1.29, 1.82) is 0 Å². The lowest BCUT2D eigenvalue weighted by Crippen LogP contribution is -2.27. The third-order valence-electron chi connectivity index (χ3n) is 4.84. The summed E-state index contributed by atoms with van der Waals surface area (Å²) in [5.74, 6) is -1.10. The standard InChI is InChI=1S/C23H23NO4/c1-14(2)17-6-8-20(9-7-17)24(15(3)25)13-16-4-5-18-12-22(26)21(23(27)28)11-19(18)10-16/h4-12,14,26H,13H2,1-3H3,(H,27,28). The molecule has 3 aromatic rings. The Kier molecular flexibility index (Phi) is 5.36. The fourth-order valence-corrected chi connectivity index (χ4v) is 3.21. The van der Waals surface area contributed by atoms with Crippen molar-refractivity contribution in [3.63, 3.8) is 0 Å². The van der Waals surface area contributed by atoms with Crippen LogP contribution < -0.4 is 4.90 Å². The molecule has 0 saturated carbocycles. The van der Waals surface area contributed by atoms with Gasteiger partial charge in [0.1, 0.15) is 11.3 Å². The third kappa shape index (κ3) is 3.98. The van der Waals surface area contributed by atoms with E-state index in [-0.39, 0.29) is 17.2 Å². The normalized spacial score (nSPS) is 11.0. The van der Waals surface area contributed by atoms with Gasteiger partial charge in [0.05, 0.1) is 6.54 Å². The molecule has 0 saturated heterocycles. The van der Waals surface area contributed by atoms with Crippen LogP contribution in [0.1, 0.15) is 48.2 Å². The van der Waals surface area contributed by atoms with Crippen LogP contribution in [-0.4, -0.2) is 22.1 Å². The summed E-state index contributed by atoms with van der Waals surface area (Å²) in [6.07, 6.45) is 0. The molecule has 0 radical (unpaired) electrons.